The molecule has 5 heteroatoms. The van der Waals surface area contributed by atoms with Gasteiger partial charge in [-0.05, 0) is 37.1 Å². The van der Waals surface area contributed by atoms with Gasteiger partial charge in [0.2, 0.25) is 0 Å². The number of rotatable bonds is 1. The van der Waals surface area contributed by atoms with Crippen LogP contribution < -0.4 is 5.32 Å². The van der Waals surface area contributed by atoms with E-state index in [1.807, 2.05) is 0 Å². The van der Waals surface area contributed by atoms with Crippen molar-refractivity contribution in [1.29, 1.82) is 0 Å². The Labute approximate surface area is 91.1 Å². The van der Waals surface area contributed by atoms with E-state index in [1.54, 1.807) is 0 Å². The number of alkyl halides is 3. The Bertz CT molecular complexity index is 383. The van der Waals surface area contributed by atoms with Crippen molar-refractivity contribution in [2.45, 2.75) is 25.1 Å². The first-order valence-corrected chi connectivity index (χ1v) is 5.12. The molecule has 0 spiro atoms. The first kappa shape index (κ1) is 11.3. The van der Waals surface area contributed by atoms with Crippen LogP contribution in [0.3, 0.4) is 0 Å². The fourth-order valence-electron chi connectivity index (χ4n) is 1.97. The SMILES string of the molecule is Oc1ccc([C@@H]2CCCN2)cc1C(F)(F)F. The van der Waals surface area contributed by atoms with Crippen molar-refractivity contribution in [2.75, 3.05) is 6.54 Å². The van der Waals surface area contributed by atoms with E-state index in [9.17, 15) is 18.3 Å². The van der Waals surface area contributed by atoms with Gasteiger partial charge in [-0.15, -0.1) is 0 Å². The molecule has 2 N–H and O–H groups in total. The summed E-state index contributed by atoms with van der Waals surface area (Å²) in [5.41, 5.74) is -0.374. The predicted molar refractivity (Wildman–Crippen MR) is 53.1 cm³/mol. The molecule has 1 aromatic carbocycles. The number of aromatic hydroxyl groups is 1. The second-order valence-electron chi connectivity index (χ2n) is 3.92. The monoisotopic (exact) mass is 231 g/mol. The zero-order valence-electron chi connectivity index (χ0n) is 8.51. The maximum atomic E-state index is 12.5. The van der Waals surface area contributed by atoms with Crippen molar-refractivity contribution < 1.29 is 18.3 Å². The van der Waals surface area contributed by atoms with Gasteiger partial charge >= 0.3 is 6.18 Å². The van der Waals surface area contributed by atoms with Crippen LogP contribution in [0.5, 0.6) is 5.75 Å². The molecular formula is C11H12F3NO. The van der Waals surface area contributed by atoms with Crippen LogP contribution in [0.2, 0.25) is 0 Å². The molecule has 0 radical (unpaired) electrons. The lowest BCUT2D eigenvalue weighted by atomic mass is 10.0. The van der Waals surface area contributed by atoms with Gasteiger partial charge in [-0.2, -0.15) is 13.2 Å². The van der Waals surface area contributed by atoms with Gasteiger partial charge in [0.25, 0.3) is 0 Å². The number of benzene rings is 1. The highest BCUT2D eigenvalue weighted by molar-refractivity contribution is 5.39. The summed E-state index contributed by atoms with van der Waals surface area (Å²) in [7, 11) is 0. The molecule has 1 fully saturated rings. The number of phenolic OH excluding ortho intramolecular Hbond substituents is 1. The van der Waals surface area contributed by atoms with Crippen LogP contribution in [0.1, 0.15) is 30.0 Å². The Morgan fingerprint density at radius 1 is 1.31 bits per heavy atom. The molecule has 0 aliphatic carbocycles. The van der Waals surface area contributed by atoms with Crippen molar-refractivity contribution in [3.05, 3.63) is 29.3 Å². The molecule has 1 aliphatic heterocycles. The minimum atomic E-state index is -4.50. The Morgan fingerprint density at radius 2 is 2.06 bits per heavy atom. The zero-order valence-corrected chi connectivity index (χ0v) is 8.51. The molecule has 2 rings (SSSR count). The normalized spacial score (nSPS) is 21.3. The van der Waals surface area contributed by atoms with E-state index in [-0.39, 0.29) is 6.04 Å². The quantitative estimate of drug-likeness (QED) is 0.779. The molecule has 88 valence electrons. The molecule has 0 amide bonds. The van der Waals surface area contributed by atoms with Gasteiger partial charge in [0, 0.05) is 6.04 Å². The van der Waals surface area contributed by atoms with Crippen molar-refractivity contribution in [1.82, 2.24) is 5.32 Å². The molecular weight excluding hydrogens is 219 g/mol. The van der Waals surface area contributed by atoms with E-state index in [0.29, 0.717) is 5.56 Å². The van der Waals surface area contributed by atoms with E-state index in [2.05, 4.69) is 5.32 Å². The van der Waals surface area contributed by atoms with Crippen molar-refractivity contribution in [3.8, 4) is 5.75 Å². The highest BCUT2D eigenvalue weighted by atomic mass is 19.4. The minimum Gasteiger partial charge on any atom is -0.507 e. The first-order valence-electron chi connectivity index (χ1n) is 5.12. The maximum absolute atomic E-state index is 12.5. The molecule has 0 bridgehead atoms. The number of nitrogens with one attached hydrogen (secondary N) is 1. The van der Waals surface area contributed by atoms with Gasteiger partial charge in [0.15, 0.2) is 0 Å². The lowest BCUT2D eigenvalue weighted by Gasteiger charge is -2.14. The summed E-state index contributed by atoms with van der Waals surface area (Å²) < 4.78 is 37.6. The predicted octanol–water partition coefficient (Wildman–Crippen LogP) is 2.84. The van der Waals surface area contributed by atoms with Crippen LogP contribution in [-0.2, 0) is 6.18 Å². The highest BCUT2D eigenvalue weighted by Crippen LogP contribution is 2.37. The second-order valence-corrected chi connectivity index (χ2v) is 3.92. The van der Waals surface area contributed by atoms with Gasteiger partial charge < -0.3 is 10.4 Å². The molecule has 2 nitrogen and oxygen atoms in total. The van der Waals surface area contributed by atoms with E-state index < -0.39 is 17.5 Å². The summed E-state index contributed by atoms with van der Waals surface area (Å²) in [5.74, 6) is -0.714. The van der Waals surface area contributed by atoms with E-state index in [1.165, 1.54) is 6.07 Å². The summed E-state index contributed by atoms with van der Waals surface area (Å²) in [6.45, 7) is 0.826. The zero-order chi connectivity index (χ0) is 11.8. The number of halogens is 3. The van der Waals surface area contributed by atoms with Crippen LogP contribution in [0.4, 0.5) is 13.2 Å². The Kier molecular flexibility index (Phi) is 2.80. The average Bonchev–Trinajstić information content (AvgIpc) is 2.69. The van der Waals surface area contributed by atoms with E-state index >= 15 is 0 Å². The van der Waals surface area contributed by atoms with Gasteiger partial charge in [0.1, 0.15) is 5.75 Å². The average molecular weight is 231 g/mol. The van der Waals surface area contributed by atoms with Crippen LogP contribution in [0.15, 0.2) is 18.2 Å². The van der Waals surface area contributed by atoms with Crippen LogP contribution in [-0.4, -0.2) is 11.7 Å². The summed E-state index contributed by atoms with van der Waals surface area (Å²) >= 11 is 0. The molecule has 1 aliphatic rings. The summed E-state index contributed by atoms with van der Waals surface area (Å²) in [4.78, 5) is 0. The Balaban J connectivity index is 2.35. The van der Waals surface area contributed by atoms with E-state index in [4.69, 9.17) is 0 Å². The van der Waals surface area contributed by atoms with Gasteiger partial charge in [0.05, 0.1) is 5.56 Å². The van der Waals surface area contributed by atoms with Crippen molar-refractivity contribution in [3.63, 3.8) is 0 Å². The number of hydrogen-bond donors (Lipinski definition) is 2. The molecule has 1 saturated heterocycles. The van der Waals surface area contributed by atoms with Crippen LogP contribution in [0.25, 0.3) is 0 Å². The third kappa shape index (κ3) is 2.14. The molecule has 1 heterocycles. The van der Waals surface area contributed by atoms with Crippen molar-refractivity contribution in [2.24, 2.45) is 0 Å². The molecule has 1 atom stereocenters. The smallest absolute Gasteiger partial charge is 0.419 e. The third-order valence-electron chi connectivity index (χ3n) is 2.79. The molecule has 16 heavy (non-hydrogen) atoms. The van der Waals surface area contributed by atoms with Gasteiger partial charge in [-0.25, -0.2) is 0 Å². The fraction of sp³-hybridized carbons (Fsp3) is 0.455. The summed E-state index contributed by atoms with van der Waals surface area (Å²) in [6, 6.07) is 3.64. The van der Waals surface area contributed by atoms with Crippen LogP contribution in [0, 0.1) is 0 Å². The van der Waals surface area contributed by atoms with Gasteiger partial charge in [-0.1, -0.05) is 6.07 Å². The molecule has 1 aromatic rings. The first-order chi connectivity index (χ1) is 7.48. The van der Waals surface area contributed by atoms with Crippen LogP contribution >= 0.6 is 0 Å². The minimum absolute atomic E-state index is 0.0262. The topological polar surface area (TPSA) is 32.3 Å². The lowest BCUT2D eigenvalue weighted by molar-refractivity contribution is -0.138. The summed E-state index contributed by atoms with van der Waals surface area (Å²) in [5, 5.41) is 12.3. The van der Waals surface area contributed by atoms with E-state index in [0.717, 1.165) is 31.5 Å². The summed E-state index contributed by atoms with van der Waals surface area (Å²) in [6.07, 6.45) is -2.70. The molecule has 0 unspecified atom stereocenters. The number of hydrogen-bond acceptors (Lipinski definition) is 2. The molecule has 0 aromatic heterocycles. The Morgan fingerprint density at radius 3 is 2.62 bits per heavy atom. The van der Waals surface area contributed by atoms with Crippen molar-refractivity contribution >= 4 is 0 Å². The number of phenols is 1. The molecule has 0 saturated carbocycles. The maximum Gasteiger partial charge on any atom is 0.419 e. The fourth-order valence-corrected chi connectivity index (χ4v) is 1.97. The highest BCUT2D eigenvalue weighted by Gasteiger charge is 2.34. The van der Waals surface area contributed by atoms with Gasteiger partial charge in [-0.3, -0.25) is 0 Å². The largest absolute Gasteiger partial charge is 0.507 e. The lowest BCUT2D eigenvalue weighted by Crippen LogP contribution is -2.14. The Hall–Kier alpha value is -1.23. The third-order valence-corrected chi connectivity index (χ3v) is 2.79. The standard InChI is InChI=1S/C11H12F3NO/c12-11(13,14)8-6-7(3-4-10(8)16)9-2-1-5-15-9/h3-4,6,9,15-16H,1-2,5H2/t9-/m0/s1. The second kappa shape index (κ2) is 3.97.